The maximum Gasteiger partial charge on any atom is 0.265 e. The van der Waals surface area contributed by atoms with Crippen molar-refractivity contribution >= 4 is 11.8 Å². The summed E-state index contributed by atoms with van der Waals surface area (Å²) in [6, 6.07) is 7.31. The highest BCUT2D eigenvalue weighted by Gasteiger charge is 2.13. The summed E-state index contributed by atoms with van der Waals surface area (Å²) in [4.78, 5) is 24.8. The summed E-state index contributed by atoms with van der Waals surface area (Å²) in [6.45, 7) is 3.07. The van der Waals surface area contributed by atoms with Crippen LogP contribution in [0.3, 0.4) is 0 Å². The molecule has 1 heterocycles. The van der Waals surface area contributed by atoms with Crippen molar-refractivity contribution in [1.29, 1.82) is 0 Å². The summed E-state index contributed by atoms with van der Waals surface area (Å²) >= 11 is 0. The van der Waals surface area contributed by atoms with Crippen molar-refractivity contribution in [2.24, 2.45) is 5.84 Å². The molecule has 1 aliphatic heterocycles. The molecule has 0 spiro atoms. The Kier molecular flexibility index (Phi) is 4.48. The fourth-order valence-corrected chi connectivity index (χ4v) is 2.07. The lowest BCUT2D eigenvalue weighted by molar-refractivity contribution is -0.120. The molecule has 102 valence electrons. The topological polar surface area (TPSA) is 87.5 Å². The van der Waals surface area contributed by atoms with Crippen LogP contribution in [0.1, 0.15) is 22.3 Å². The average Bonchev–Trinajstić information content (AvgIpc) is 2.64. The van der Waals surface area contributed by atoms with Gasteiger partial charge in [-0.1, -0.05) is 12.1 Å². The van der Waals surface area contributed by atoms with Gasteiger partial charge in [0.05, 0.1) is 0 Å². The minimum atomic E-state index is -0.295. The zero-order chi connectivity index (χ0) is 13.7. The second kappa shape index (κ2) is 6.31. The molecule has 19 heavy (non-hydrogen) atoms. The van der Waals surface area contributed by atoms with Crippen molar-refractivity contribution in [2.45, 2.75) is 13.0 Å². The van der Waals surface area contributed by atoms with E-state index in [2.05, 4.69) is 15.6 Å². The lowest BCUT2D eigenvalue weighted by Crippen LogP contribution is -2.30. The smallest absolute Gasteiger partial charge is 0.265 e. The zero-order valence-electron chi connectivity index (χ0n) is 10.7. The summed E-state index contributed by atoms with van der Waals surface area (Å²) in [5.41, 5.74) is 3.75. The first-order valence-electron chi connectivity index (χ1n) is 6.28. The summed E-state index contributed by atoms with van der Waals surface area (Å²) in [5.74, 6) is 4.89. The summed E-state index contributed by atoms with van der Waals surface area (Å²) < 4.78 is 0. The number of hydrogen-bond donors (Lipinski definition) is 3. The van der Waals surface area contributed by atoms with Crippen molar-refractivity contribution in [3.05, 3.63) is 35.4 Å². The molecule has 1 fully saturated rings. The molecule has 0 atom stereocenters. The van der Waals surface area contributed by atoms with Crippen molar-refractivity contribution in [3.8, 4) is 0 Å². The first-order chi connectivity index (χ1) is 9.19. The van der Waals surface area contributed by atoms with E-state index in [0.717, 1.165) is 25.2 Å². The van der Waals surface area contributed by atoms with Crippen LogP contribution in [-0.2, 0) is 11.3 Å². The largest absolute Gasteiger partial charge is 0.355 e. The molecule has 1 saturated heterocycles. The van der Waals surface area contributed by atoms with Gasteiger partial charge in [0.2, 0.25) is 5.91 Å². The molecular formula is C13H18N4O2. The number of hydrogen-bond acceptors (Lipinski definition) is 4. The molecule has 0 saturated carbocycles. The highest BCUT2D eigenvalue weighted by molar-refractivity contribution is 5.93. The lowest BCUT2D eigenvalue weighted by atomic mass is 10.1. The van der Waals surface area contributed by atoms with Gasteiger partial charge in [0.25, 0.3) is 5.91 Å². The van der Waals surface area contributed by atoms with Crippen molar-refractivity contribution in [1.82, 2.24) is 15.6 Å². The number of nitrogens with one attached hydrogen (secondary N) is 2. The summed E-state index contributed by atoms with van der Waals surface area (Å²) in [6.07, 6.45) is 0.535. The highest BCUT2D eigenvalue weighted by Crippen LogP contribution is 2.09. The molecule has 1 aliphatic rings. The highest BCUT2D eigenvalue weighted by atomic mass is 16.2. The first kappa shape index (κ1) is 13.5. The predicted molar refractivity (Wildman–Crippen MR) is 71.0 cm³/mol. The van der Waals surface area contributed by atoms with Crippen LogP contribution in [0, 0.1) is 0 Å². The third kappa shape index (κ3) is 3.77. The lowest BCUT2D eigenvalue weighted by Gasteiger charge is -2.18. The van der Waals surface area contributed by atoms with Crippen molar-refractivity contribution < 1.29 is 9.59 Å². The van der Waals surface area contributed by atoms with Crippen molar-refractivity contribution in [3.63, 3.8) is 0 Å². The van der Waals surface area contributed by atoms with Gasteiger partial charge in [0.15, 0.2) is 0 Å². The Labute approximate surface area is 111 Å². The molecule has 6 nitrogen and oxygen atoms in total. The van der Waals surface area contributed by atoms with Gasteiger partial charge in [-0.25, -0.2) is 5.84 Å². The zero-order valence-corrected chi connectivity index (χ0v) is 10.7. The molecule has 0 unspecified atom stereocenters. The number of nitrogens with two attached hydrogens (primary N) is 1. The van der Waals surface area contributed by atoms with E-state index in [1.165, 1.54) is 0 Å². The Morgan fingerprint density at radius 2 is 2.05 bits per heavy atom. The SMILES string of the molecule is NNC(=O)c1ccc(CN2CCNC(=O)CC2)cc1. The molecule has 1 aromatic rings. The molecule has 0 radical (unpaired) electrons. The number of benzene rings is 1. The van der Waals surface area contributed by atoms with Crippen molar-refractivity contribution in [2.75, 3.05) is 19.6 Å². The molecule has 6 heteroatoms. The van der Waals surface area contributed by atoms with Crippen LogP contribution in [-0.4, -0.2) is 36.3 Å². The van der Waals surface area contributed by atoms with Crippen LogP contribution in [0.4, 0.5) is 0 Å². The Morgan fingerprint density at radius 3 is 2.74 bits per heavy atom. The van der Waals surface area contributed by atoms with Crippen LogP contribution in [0.5, 0.6) is 0 Å². The van der Waals surface area contributed by atoms with E-state index in [9.17, 15) is 9.59 Å². The van der Waals surface area contributed by atoms with Gasteiger partial charge >= 0.3 is 0 Å². The standard InChI is InChI=1S/C13H18N4O2/c14-16-13(19)11-3-1-10(2-4-11)9-17-7-5-12(18)15-6-8-17/h1-4H,5-9,14H2,(H,15,18)(H,16,19). The molecule has 2 rings (SSSR count). The van der Waals surface area contributed by atoms with E-state index in [1.54, 1.807) is 12.1 Å². The molecule has 2 amide bonds. The van der Waals surface area contributed by atoms with Crippen LogP contribution >= 0.6 is 0 Å². The molecule has 0 aliphatic carbocycles. The van der Waals surface area contributed by atoms with E-state index in [-0.39, 0.29) is 11.8 Å². The van der Waals surface area contributed by atoms with Gasteiger partial charge in [-0.05, 0) is 17.7 Å². The molecule has 0 bridgehead atoms. The Bertz CT molecular complexity index is 458. The van der Waals surface area contributed by atoms with Crippen LogP contribution in [0.25, 0.3) is 0 Å². The van der Waals surface area contributed by atoms with Gasteiger partial charge in [0, 0.05) is 38.2 Å². The van der Waals surface area contributed by atoms with E-state index in [0.29, 0.717) is 18.5 Å². The third-order valence-corrected chi connectivity index (χ3v) is 3.16. The second-order valence-corrected chi connectivity index (χ2v) is 4.55. The number of carbonyl (C=O) groups excluding carboxylic acids is 2. The quantitative estimate of drug-likeness (QED) is 0.393. The number of hydrazine groups is 1. The minimum Gasteiger partial charge on any atom is -0.355 e. The van der Waals surface area contributed by atoms with Gasteiger partial charge in [-0.2, -0.15) is 0 Å². The maximum absolute atomic E-state index is 11.3. The number of nitrogens with zero attached hydrogens (tertiary/aromatic N) is 1. The van der Waals surface area contributed by atoms with Crippen LogP contribution < -0.4 is 16.6 Å². The number of amides is 2. The van der Waals surface area contributed by atoms with Gasteiger partial charge in [-0.15, -0.1) is 0 Å². The Hall–Kier alpha value is -1.92. The average molecular weight is 262 g/mol. The predicted octanol–water partition coefficient (Wildman–Crippen LogP) is -0.388. The molecule has 4 N–H and O–H groups in total. The Balaban J connectivity index is 1.95. The first-order valence-corrected chi connectivity index (χ1v) is 6.28. The van der Waals surface area contributed by atoms with Gasteiger partial charge in [-0.3, -0.25) is 19.9 Å². The van der Waals surface area contributed by atoms with E-state index >= 15 is 0 Å². The third-order valence-electron chi connectivity index (χ3n) is 3.16. The maximum atomic E-state index is 11.3. The van der Waals surface area contributed by atoms with Crippen LogP contribution in [0.15, 0.2) is 24.3 Å². The van der Waals surface area contributed by atoms with E-state index in [1.807, 2.05) is 12.1 Å². The van der Waals surface area contributed by atoms with E-state index in [4.69, 9.17) is 5.84 Å². The van der Waals surface area contributed by atoms with E-state index < -0.39 is 0 Å². The normalized spacial score (nSPS) is 16.6. The fourth-order valence-electron chi connectivity index (χ4n) is 2.07. The minimum absolute atomic E-state index is 0.109. The van der Waals surface area contributed by atoms with Crippen LogP contribution in [0.2, 0.25) is 0 Å². The summed E-state index contributed by atoms with van der Waals surface area (Å²) in [5, 5.41) is 2.84. The monoisotopic (exact) mass is 262 g/mol. The Morgan fingerprint density at radius 1 is 1.32 bits per heavy atom. The number of rotatable bonds is 3. The second-order valence-electron chi connectivity index (χ2n) is 4.55. The van der Waals surface area contributed by atoms with Gasteiger partial charge < -0.3 is 5.32 Å². The number of nitrogen functional groups attached to an aromatic ring is 1. The molecule has 0 aromatic heterocycles. The fraction of sp³-hybridized carbons (Fsp3) is 0.385. The summed E-state index contributed by atoms with van der Waals surface area (Å²) in [7, 11) is 0. The van der Waals surface area contributed by atoms with Gasteiger partial charge in [0.1, 0.15) is 0 Å². The number of carbonyl (C=O) groups is 2. The molecule has 1 aromatic carbocycles. The molecular weight excluding hydrogens is 244 g/mol.